The van der Waals surface area contributed by atoms with Crippen LogP contribution in [-0.2, 0) is 29.2 Å². The lowest BCUT2D eigenvalue weighted by molar-refractivity contribution is -0.160. The molecule has 0 aromatic heterocycles. The third-order valence-electron chi connectivity index (χ3n) is 4.52. The lowest BCUT2D eigenvalue weighted by Crippen LogP contribution is -2.38. The van der Waals surface area contributed by atoms with Crippen LogP contribution in [0.3, 0.4) is 0 Å². The molecule has 1 saturated heterocycles. The van der Waals surface area contributed by atoms with Crippen molar-refractivity contribution in [3.8, 4) is 0 Å². The van der Waals surface area contributed by atoms with Gasteiger partial charge in [-0.2, -0.15) is 17.2 Å². The summed E-state index contributed by atoms with van der Waals surface area (Å²) in [6.07, 6.45) is 0.868. The molecule has 5 atom stereocenters. The molecule has 3 aliphatic rings. The lowest BCUT2D eigenvalue weighted by Gasteiger charge is -2.23. The fraction of sp³-hybridized carbons (Fsp3) is 0.818. The number of fused-ring (bicyclic) bond motifs is 1. The predicted octanol–water partition coefficient (Wildman–Crippen LogP) is 0.208. The van der Waals surface area contributed by atoms with E-state index in [0.717, 1.165) is 0 Å². The molecule has 0 aromatic carbocycles. The van der Waals surface area contributed by atoms with E-state index in [1.807, 2.05) is 0 Å². The number of alkyl halides is 2. The van der Waals surface area contributed by atoms with E-state index in [2.05, 4.69) is 4.74 Å². The third-order valence-corrected chi connectivity index (χ3v) is 5.39. The van der Waals surface area contributed by atoms with Crippen molar-refractivity contribution >= 4 is 22.1 Å². The van der Waals surface area contributed by atoms with Gasteiger partial charge in [0.05, 0.1) is 11.8 Å². The summed E-state index contributed by atoms with van der Waals surface area (Å²) >= 11 is 0. The zero-order chi connectivity index (χ0) is 15.6. The summed E-state index contributed by atoms with van der Waals surface area (Å²) in [5.74, 6) is -3.42. The van der Waals surface area contributed by atoms with Crippen molar-refractivity contribution < 1.29 is 40.8 Å². The predicted molar refractivity (Wildman–Crippen MR) is 60.5 cm³/mol. The molecule has 0 aromatic rings. The van der Waals surface area contributed by atoms with Crippen LogP contribution in [0.1, 0.15) is 12.8 Å². The van der Waals surface area contributed by atoms with E-state index in [4.69, 9.17) is 9.29 Å². The van der Waals surface area contributed by atoms with Crippen LogP contribution in [0.4, 0.5) is 8.78 Å². The standard InChI is InChI=1S/C11H12F2O7S/c12-11(13,21(16,17)18)3-19-9(14)7-4-1-5-6(2-4)20-10(15)8(5)7/h4-8H,1-3H2,(H,16,17,18). The molecular weight excluding hydrogens is 314 g/mol. The van der Waals surface area contributed by atoms with E-state index < -0.39 is 45.8 Å². The molecule has 118 valence electrons. The summed E-state index contributed by atoms with van der Waals surface area (Å²) in [5, 5.41) is -4.57. The number of carbonyl (C=O) groups is 2. The molecule has 1 heterocycles. The van der Waals surface area contributed by atoms with Gasteiger partial charge in [0.15, 0.2) is 6.61 Å². The molecule has 3 fully saturated rings. The highest BCUT2D eigenvalue weighted by atomic mass is 32.2. The second kappa shape index (κ2) is 4.35. The quantitative estimate of drug-likeness (QED) is 0.581. The monoisotopic (exact) mass is 326 g/mol. The van der Waals surface area contributed by atoms with Crippen molar-refractivity contribution in [1.82, 2.24) is 0 Å². The second-order valence-electron chi connectivity index (χ2n) is 5.64. The number of esters is 2. The summed E-state index contributed by atoms with van der Waals surface area (Å²) in [6.45, 7) is -1.77. The minimum atomic E-state index is -5.66. The number of halogens is 2. The number of rotatable bonds is 4. The van der Waals surface area contributed by atoms with Crippen LogP contribution >= 0.6 is 0 Å². The molecule has 7 nitrogen and oxygen atoms in total. The van der Waals surface area contributed by atoms with Gasteiger partial charge in [-0.05, 0) is 18.8 Å². The molecule has 1 N–H and O–H groups in total. The second-order valence-corrected chi connectivity index (χ2v) is 7.19. The maximum atomic E-state index is 13.0. The first kappa shape index (κ1) is 14.6. The van der Waals surface area contributed by atoms with Crippen molar-refractivity contribution in [2.45, 2.75) is 24.2 Å². The molecule has 2 aliphatic carbocycles. The molecule has 5 unspecified atom stereocenters. The minimum Gasteiger partial charge on any atom is -0.462 e. The Morgan fingerprint density at radius 1 is 1.43 bits per heavy atom. The van der Waals surface area contributed by atoms with Gasteiger partial charge < -0.3 is 9.47 Å². The number of hydrogen-bond acceptors (Lipinski definition) is 6. The molecular formula is C11H12F2O7S. The Morgan fingerprint density at radius 2 is 2.10 bits per heavy atom. The SMILES string of the molecule is O=C(OCC(F)(F)S(=O)(=O)O)C1C2CC3OC(=O)C1C3C2. The smallest absolute Gasteiger partial charge is 0.402 e. The molecule has 0 radical (unpaired) electrons. The lowest BCUT2D eigenvalue weighted by atomic mass is 9.80. The Bertz CT molecular complexity index is 600. The highest BCUT2D eigenvalue weighted by Gasteiger charge is 2.64. The molecule has 2 saturated carbocycles. The van der Waals surface area contributed by atoms with Crippen LogP contribution in [0.5, 0.6) is 0 Å². The first-order valence-corrected chi connectivity index (χ1v) is 7.78. The third kappa shape index (κ3) is 2.11. The van der Waals surface area contributed by atoms with E-state index >= 15 is 0 Å². The fourth-order valence-corrected chi connectivity index (χ4v) is 3.86. The van der Waals surface area contributed by atoms with Crippen LogP contribution in [0.15, 0.2) is 0 Å². The van der Waals surface area contributed by atoms with Crippen molar-refractivity contribution in [2.75, 3.05) is 6.61 Å². The first-order valence-electron chi connectivity index (χ1n) is 6.34. The average Bonchev–Trinajstić information content (AvgIpc) is 2.95. The van der Waals surface area contributed by atoms with Gasteiger partial charge >= 0.3 is 27.3 Å². The zero-order valence-corrected chi connectivity index (χ0v) is 11.4. The van der Waals surface area contributed by atoms with Crippen LogP contribution in [0.2, 0.25) is 0 Å². The van der Waals surface area contributed by atoms with E-state index in [1.54, 1.807) is 0 Å². The molecule has 0 amide bonds. The normalized spacial score (nSPS) is 37.7. The molecule has 2 bridgehead atoms. The molecule has 10 heteroatoms. The van der Waals surface area contributed by atoms with Crippen LogP contribution < -0.4 is 0 Å². The van der Waals surface area contributed by atoms with Crippen LogP contribution in [0, 0.1) is 23.7 Å². The molecule has 3 rings (SSSR count). The number of hydrogen-bond donors (Lipinski definition) is 1. The van der Waals surface area contributed by atoms with E-state index in [1.165, 1.54) is 0 Å². The number of ether oxygens (including phenoxy) is 2. The maximum absolute atomic E-state index is 13.0. The van der Waals surface area contributed by atoms with E-state index in [9.17, 15) is 26.8 Å². The van der Waals surface area contributed by atoms with Gasteiger partial charge in [-0.3, -0.25) is 14.1 Å². The largest absolute Gasteiger partial charge is 0.462 e. The summed E-state index contributed by atoms with van der Waals surface area (Å²) in [4.78, 5) is 23.6. The Hall–Kier alpha value is -1.29. The Labute approximate surface area is 118 Å². The van der Waals surface area contributed by atoms with Crippen molar-refractivity contribution in [3.63, 3.8) is 0 Å². The van der Waals surface area contributed by atoms with E-state index in [0.29, 0.717) is 12.8 Å². The first-order chi connectivity index (χ1) is 9.62. The van der Waals surface area contributed by atoms with Gasteiger partial charge in [0, 0.05) is 5.92 Å². The van der Waals surface area contributed by atoms with Crippen molar-refractivity contribution in [2.24, 2.45) is 23.7 Å². The van der Waals surface area contributed by atoms with Gasteiger partial charge in [0.1, 0.15) is 6.10 Å². The Balaban J connectivity index is 1.69. The van der Waals surface area contributed by atoms with Crippen molar-refractivity contribution in [1.29, 1.82) is 0 Å². The topological polar surface area (TPSA) is 107 Å². The van der Waals surface area contributed by atoms with Crippen LogP contribution in [0.25, 0.3) is 0 Å². The van der Waals surface area contributed by atoms with E-state index in [-0.39, 0.29) is 17.9 Å². The van der Waals surface area contributed by atoms with Crippen LogP contribution in [-0.4, -0.2) is 42.9 Å². The van der Waals surface area contributed by atoms with Crippen molar-refractivity contribution in [3.05, 3.63) is 0 Å². The zero-order valence-electron chi connectivity index (χ0n) is 10.6. The summed E-state index contributed by atoms with van der Waals surface area (Å²) < 4.78 is 64.7. The van der Waals surface area contributed by atoms with Gasteiger partial charge in [-0.1, -0.05) is 0 Å². The maximum Gasteiger partial charge on any atom is 0.402 e. The average molecular weight is 326 g/mol. The Kier molecular flexibility index (Phi) is 3.04. The van der Waals surface area contributed by atoms with Gasteiger partial charge in [-0.25, -0.2) is 0 Å². The molecule has 0 spiro atoms. The summed E-state index contributed by atoms with van der Waals surface area (Å²) in [6, 6.07) is 0. The highest BCUT2D eigenvalue weighted by Crippen LogP contribution is 2.57. The molecule has 1 aliphatic heterocycles. The number of carbonyl (C=O) groups excluding carboxylic acids is 2. The van der Waals surface area contributed by atoms with Gasteiger partial charge in [0.25, 0.3) is 0 Å². The fourth-order valence-electron chi connectivity index (χ4n) is 3.65. The summed E-state index contributed by atoms with van der Waals surface area (Å²) in [5.41, 5.74) is 0. The Morgan fingerprint density at radius 3 is 2.71 bits per heavy atom. The van der Waals surface area contributed by atoms with Gasteiger partial charge in [0.2, 0.25) is 0 Å². The summed E-state index contributed by atoms with van der Waals surface area (Å²) in [7, 11) is -5.66. The molecule has 21 heavy (non-hydrogen) atoms. The minimum absolute atomic E-state index is 0.0952. The highest BCUT2D eigenvalue weighted by molar-refractivity contribution is 7.86. The van der Waals surface area contributed by atoms with Gasteiger partial charge in [-0.15, -0.1) is 0 Å².